The van der Waals surface area contributed by atoms with Crippen molar-refractivity contribution in [3.63, 3.8) is 0 Å². The van der Waals surface area contributed by atoms with Crippen molar-refractivity contribution >= 4 is 23.2 Å². The summed E-state index contributed by atoms with van der Waals surface area (Å²) in [5.74, 6) is 0. The number of rotatable bonds is 4. The average Bonchev–Trinajstić information content (AvgIpc) is 2.89. The highest BCUT2D eigenvalue weighted by Crippen LogP contribution is 2.14. The second-order valence-electron chi connectivity index (χ2n) is 5.27. The van der Waals surface area contributed by atoms with Crippen molar-refractivity contribution in [3.8, 4) is 0 Å². The smallest absolute Gasteiger partial charge is 0.0895 e. The minimum atomic E-state index is 0.127. The largest absolute Gasteiger partial charge is 0.373 e. The average molecular weight is 326 g/mol. The van der Waals surface area contributed by atoms with Crippen LogP contribution in [0.2, 0.25) is 10.0 Å². The highest BCUT2D eigenvalue weighted by atomic mass is 35.5. The number of halogens is 2. The van der Waals surface area contributed by atoms with Gasteiger partial charge in [-0.05, 0) is 24.1 Å². The molecule has 1 fully saturated rings. The van der Waals surface area contributed by atoms with E-state index in [1.165, 1.54) is 5.56 Å². The summed E-state index contributed by atoms with van der Waals surface area (Å²) in [4.78, 5) is 0. The van der Waals surface area contributed by atoms with E-state index in [0.29, 0.717) is 24.2 Å². The number of morpholine rings is 1. The van der Waals surface area contributed by atoms with Crippen LogP contribution in [-0.2, 0) is 17.7 Å². The van der Waals surface area contributed by atoms with Crippen molar-refractivity contribution in [1.82, 2.24) is 15.1 Å². The van der Waals surface area contributed by atoms with Crippen molar-refractivity contribution in [3.05, 3.63) is 52.3 Å². The van der Waals surface area contributed by atoms with Gasteiger partial charge in [-0.2, -0.15) is 5.10 Å². The monoisotopic (exact) mass is 325 g/mol. The third-order valence-electron chi connectivity index (χ3n) is 3.56. The minimum Gasteiger partial charge on any atom is -0.373 e. The fourth-order valence-electron chi connectivity index (χ4n) is 2.47. The molecule has 3 rings (SSSR count). The van der Waals surface area contributed by atoms with Gasteiger partial charge >= 0.3 is 0 Å². The molecule has 0 radical (unpaired) electrons. The SMILES string of the molecule is Clc1ccc(C[C@H]2CO[C@@H](Cn3cc(Cl)cn3)CN2)cc1. The highest BCUT2D eigenvalue weighted by Gasteiger charge is 2.21. The van der Waals surface area contributed by atoms with E-state index >= 15 is 0 Å². The maximum atomic E-state index is 5.91. The lowest BCUT2D eigenvalue weighted by atomic mass is 10.1. The summed E-state index contributed by atoms with van der Waals surface area (Å²) in [7, 11) is 0. The summed E-state index contributed by atoms with van der Waals surface area (Å²) in [6, 6.07) is 8.29. The lowest BCUT2D eigenvalue weighted by Crippen LogP contribution is -2.48. The number of nitrogens with zero attached hydrogens (tertiary/aromatic N) is 2. The summed E-state index contributed by atoms with van der Waals surface area (Å²) in [5, 5.41) is 9.12. The first-order valence-corrected chi connectivity index (χ1v) is 7.72. The molecule has 2 heterocycles. The van der Waals surface area contributed by atoms with E-state index < -0.39 is 0 Å². The van der Waals surface area contributed by atoms with Gasteiger partial charge in [0.2, 0.25) is 0 Å². The second kappa shape index (κ2) is 6.79. The van der Waals surface area contributed by atoms with Crippen LogP contribution in [-0.4, -0.2) is 35.1 Å². The van der Waals surface area contributed by atoms with Gasteiger partial charge in [-0.1, -0.05) is 35.3 Å². The van der Waals surface area contributed by atoms with Gasteiger partial charge < -0.3 is 10.1 Å². The number of ether oxygens (including phenoxy) is 1. The van der Waals surface area contributed by atoms with Gasteiger partial charge in [-0.25, -0.2) is 0 Å². The summed E-state index contributed by atoms with van der Waals surface area (Å²) < 4.78 is 7.72. The topological polar surface area (TPSA) is 39.1 Å². The Bertz CT molecular complexity index is 577. The fraction of sp³-hybridized carbons (Fsp3) is 0.400. The minimum absolute atomic E-state index is 0.127. The molecule has 0 amide bonds. The molecule has 4 nitrogen and oxygen atoms in total. The molecule has 2 atom stereocenters. The first kappa shape index (κ1) is 14.9. The molecule has 2 aromatic rings. The Morgan fingerprint density at radius 1 is 1.24 bits per heavy atom. The number of hydrogen-bond acceptors (Lipinski definition) is 3. The molecule has 1 saturated heterocycles. The third kappa shape index (κ3) is 4.20. The molecule has 0 saturated carbocycles. The Morgan fingerprint density at radius 2 is 2.05 bits per heavy atom. The van der Waals surface area contributed by atoms with Crippen LogP contribution >= 0.6 is 23.2 Å². The molecule has 1 aliphatic heterocycles. The molecule has 1 aromatic heterocycles. The van der Waals surface area contributed by atoms with Gasteiger partial charge in [0.25, 0.3) is 0 Å². The lowest BCUT2D eigenvalue weighted by molar-refractivity contribution is -0.00646. The predicted molar refractivity (Wildman–Crippen MR) is 83.9 cm³/mol. The normalized spacial score (nSPS) is 22.4. The van der Waals surface area contributed by atoms with Gasteiger partial charge in [0.15, 0.2) is 0 Å². The van der Waals surface area contributed by atoms with Crippen LogP contribution in [0, 0.1) is 0 Å². The van der Waals surface area contributed by atoms with Crippen molar-refractivity contribution < 1.29 is 4.74 Å². The molecule has 0 aliphatic carbocycles. The van der Waals surface area contributed by atoms with E-state index in [1.54, 1.807) is 6.20 Å². The van der Waals surface area contributed by atoms with Crippen LogP contribution in [0.25, 0.3) is 0 Å². The Kier molecular flexibility index (Phi) is 4.80. The maximum Gasteiger partial charge on any atom is 0.0895 e. The Labute approximate surface area is 134 Å². The van der Waals surface area contributed by atoms with Crippen LogP contribution < -0.4 is 5.32 Å². The van der Waals surface area contributed by atoms with E-state index in [4.69, 9.17) is 27.9 Å². The molecule has 21 heavy (non-hydrogen) atoms. The molecule has 0 spiro atoms. The Hall–Kier alpha value is -1.07. The Balaban J connectivity index is 1.47. The molecule has 1 aliphatic rings. The van der Waals surface area contributed by atoms with E-state index in [2.05, 4.69) is 22.5 Å². The first-order valence-electron chi connectivity index (χ1n) is 6.96. The first-order chi connectivity index (χ1) is 10.2. The summed E-state index contributed by atoms with van der Waals surface area (Å²) in [5.41, 5.74) is 1.26. The number of benzene rings is 1. The standard InChI is InChI=1S/C15H17Cl2N3O/c16-12-3-1-11(2-4-12)5-14-10-21-15(7-18-14)9-20-8-13(17)6-19-20/h1-4,6,8,14-15,18H,5,7,9-10H2/t14-,15+/m0/s1. The molecule has 0 unspecified atom stereocenters. The third-order valence-corrected chi connectivity index (χ3v) is 4.00. The predicted octanol–water partition coefficient (Wildman–Crippen LogP) is 2.79. The zero-order valence-corrected chi connectivity index (χ0v) is 13.0. The van der Waals surface area contributed by atoms with Crippen LogP contribution in [0.1, 0.15) is 5.56 Å². The molecule has 1 N–H and O–H groups in total. The van der Waals surface area contributed by atoms with Crippen LogP contribution in [0.15, 0.2) is 36.7 Å². The number of aromatic nitrogens is 2. The zero-order valence-electron chi connectivity index (χ0n) is 11.5. The van der Waals surface area contributed by atoms with Crippen molar-refractivity contribution in [1.29, 1.82) is 0 Å². The molecular weight excluding hydrogens is 309 g/mol. The van der Waals surface area contributed by atoms with Crippen molar-refractivity contribution in [2.24, 2.45) is 0 Å². The maximum absolute atomic E-state index is 5.91. The summed E-state index contributed by atoms with van der Waals surface area (Å²) in [6.07, 6.45) is 4.52. The van der Waals surface area contributed by atoms with Gasteiger partial charge in [-0.3, -0.25) is 4.68 Å². The molecular formula is C15H17Cl2N3O. The van der Waals surface area contributed by atoms with Gasteiger partial charge in [-0.15, -0.1) is 0 Å². The van der Waals surface area contributed by atoms with E-state index in [-0.39, 0.29) is 6.10 Å². The molecule has 1 aromatic carbocycles. The number of nitrogens with one attached hydrogen (secondary N) is 1. The van der Waals surface area contributed by atoms with E-state index in [1.807, 2.05) is 23.0 Å². The molecule has 6 heteroatoms. The molecule has 0 bridgehead atoms. The zero-order chi connectivity index (χ0) is 14.7. The van der Waals surface area contributed by atoms with Crippen molar-refractivity contribution in [2.75, 3.05) is 13.2 Å². The Morgan fingerprint density at radius 3 is 2.67 bits per heavy atom. The number of hydrogen-bond donors (Lipinski definition) is 1. The summed E-state index contributed by atoms with van der Waals surface area (Å²) >= 11 is 11.7. The van der Waals surface area contributed by atoms with Crippen LogP contribution in [0.4, 0.5) is 0 Å². The fourth-order valence-corrected chi connectivity index (χ4v) is 2.75. The second-order valence-corrected chi connectivity index (χ2v) is 6.14. The van der Waals surface area contributed by atoms with Crippen molar-refractivity contribution in [2.45, 2.75) is 25.1 Å². The van der Waals surface area contributed by atoms with E-state index in [9.17, 15) is 0 Å². The highest BCUT2D eigenvalue weighted by molar-refractivity contribution is 6.30. The van der Waals surface area contributed by atoms with Gasteiger partial charge in [0.05, 0.1) is 30.5 Å². The molecule has 112 valence electrons. The van der Waals surface area contributed by atoms with Gasteiger partial charge in [0.1, 0.15) is 0 Å². The lowest BCUT2D eigenvalue weighted by Gasteiger charge is -2.30. The van der Waals surface area contributed by atoms with Crippen LogP contribution in [0.5, 0.6) is 0 Å². The quantitative estimate of drug-likeness (QED) is 0.939. The van der Waals surface area contributed by atoms with E-state index in [0.717, 1.165) is 18.0 Å². The summed E-state index contributed by atoms with van der Waals surface area (Å²) in [6.45, 7) is 2.23. The van der Waals surface area contributed by atoms with Crippen LogP contribution in [0.3, 0.4) is 0 Å². The van der Waals surface area contributed by atoms with Gasteiger partial charge in [0, 0.05) is 23.8 Å².